The molecule has 1 aliphatic carbocycles. The summed E-state index contributed by atoms with van der Waals surface area (Å²) in [6, 6.07) is 10.3. The molecule has 1 N–H and O–H groups in total. The van der Waals surface area contributed by atoms with E-state index in [2.05, 4.69) is 10.2 Å². The number of carbonyl (C=O) groups is 3. The largest absolute Gasteiger partial charge is 0.352 e. The van der Waals surface area contributed by atoms with Crippen molar-refractivity contribution in [1.82, 2.24) is 20.0 Å². The summed E-state index contributed by atoms with van der Waals surface area (Å²) in [5.41, 5.74) is 1.09. The predicted molar refractivity (Wildman–Crippen MR) is 109 cm³/mol. The normalized spacial score (nSPS) is 23.9. The Labute approximate surface area is 172 Å². The summed E-state index contributed by atoms with van der Waals surface area (Å²) in [6.45, 7) is 5.55. The molecule has 1 aromatic carbocycles. The second-order valence-corrected chi connectivity index (χ2v) is 8.48. The van der Waals surface area contributed by atoms with Gasteiger partial charge in [-0.1, -0.05) is 30.3 Å². The fourth-order valence-electron chi connectivity index (χ4n) is 4.27. The van der Waals surface area contributed by atoms with Crippen molar-refractivity contribution in [3.05, 3.63) is 35.9 Å². The fourth-order valence-corrected chi connectivity index (χ4v) is 4.27. The standard InChI is InChI=1S/C22H30N4O3/c1-16(17-5-3-2-4-6-17)26-14-18(13-21(26)28)22(29)25-11-9-24(10-12-25)15-20(27)23-19-7-8-19/h2-6,16,18-19H,7-15H2,1H3,(H,23,27). The van der Waals surface area contributed by atoms with Crippen molar-refractivity contribution in [2.75, 3.05) is 39.3 Å². The molecule has 2 saturated heterocycles. The number of nitrogens with one attached hydrogen (secondary N) is 1. The minimum Gasteiger partial charge on any atom is -0.352 e. The molecule has 0 aromatic heterocycles. The smallest absolute Gasteiger partial charge is 0.234 e. The molecule has 0 radical (unpaired) electrons. The lowest BCUT2D eigenvalue weighted by Gasteiger charge is -2.35. The fraction of sp³-hybridized carbons (Fsp3) is 0.591. The summed E-state index contributed by atoms with van der Waals surface area (Å²) in [4.78, 5) is 43.3. The Bertz CT molecular complexity index is 757. The van der Waals surface area contributed by atoms with Gasteiger partial charge in [0.25, 0.3) is 0 Å². The third-order valence-corrected chi connectivity index (χ3v) is 6.25. The van der Waals surface area contributed by atoms with Gasteiger partial charge in [0.05, 0.1) is 18.5 Å². The van der Waals surface area contributed by atoms with Gasteiger partial charge >= 0.3 is 0 Å². The summed E-state index contributed by atoms with van der Waals surface area (Å²) in [6.07, 6.45) is 2.47. The molecule has 156 valence electrons. The summed E-state index contributed by atoms with van der Waals surface area (Å²) in [5, 5.41) is 3.01. The molecule has 2 heterocycles. The topological polar surface area (TPSA) is 73.0 Å². The number of hydrogen-bond acceptors (Lipinski definition) is 4. The van der Waals surface area contributed by atoms with Crippen LogP contribution in [-0.4, -0.2) is 77.7 Å². The van der Waals surface area contributed by atoms with Gasteiger partial charge in [0.15, 0.2) is 0 Å². The molecule has 1 aromatic rings. The lowest BCUT2D eigenvalue weighted by Crippen LogP contribution is -2.52. The summed E-state index contributed by atoms with van der Waals surface area (Å²) in [5.74, 6) is -0.0594. The van der Waals surface area contributed by atoms with E-state index >= 15 is 0 Å². The lowest BCUT2D eigenvalue weighted by molar-refractivity contribution is -0.137. The van der Waals surface area contributed by atoms with Gasteiger partial charge in [-0.15, -0.1) is 0 Å². The number of likely N-dealkylation sites (tertiary alicyclic amines) is 1. The van der Waals surface area contributed by atoms with Crippen LogP contribution in [-0.2, 0) is 14.4 Å². The summed E-state index contributed by atoms with van der Waals surface area (Å²) < 4.78 is 0. The highest BCUT2D eigenvalue weighted by Crippen LogP contribution is 2.29. The van der Waals surface area contributed by atoms with Gasteiger partial charge in [0, 0.05) is 45.2 Å². The zero-order valence-electron chi connectivity index (χ0n) is 17.0. The van der Waals surface area contributed by atoms with Crippen LogP contribution in [0.25, 0.3) is 0 Å². The molecule has 29 heavy (non-hydrogen) atoms. The Morgan fingerprint density at radius 2 is 1.79 bits per heavy atom. The quantitative estimate of drug-likeness (QED) is 0.777. The van der Waals surface area contributed by atoms with E-state index in [0.717, 1.165) is 18.4 Å². The molecule has 2 aliphatic heterocycles. The van der Waals surface area contributed by atoms with Crippen LogP contribution in [0.5, 0.6) is 0 Å². The molecular weight excluding hydrogens is 368 g/mol. The first-order valence-corrected chi connectivity index (χ1v) is 10.7. The zero-order chi connectivity index (χ0) is 20.4. The number of piperazine rings is 1. The Morgan fingerprint density at radius 3 is 2.45 bits per heavy atom. The van der Waals surface area contributed by atoms with Gasteiger partial charge in [-0.05, 0) is 25.3 Å². The van der Waals surface area contributed by atoms with E-state index in [9.17, 15) is 14.4 Å². The Kier molecular flexibility index (Phi) is 5.85. The Balaban J connectivity index is 1.27. The lowest BCUT2D eigenvalue weighted by atomic mass is 10.1. The number of hydrogen-bond donors (Lipinski definition) is 1. The summed E-state index contributed by atoms with van der Waals surface area (Å²) >= 11 is 0. The monoisotopic (exact) mass is 398 g/mol. The molecule has 0 spiro atoms. The van der Waals surface area contributed by atoms with Crippen molar-refractivity contribution >= 4 is 17.7 Å². The van der Waals surface area contributed by atoms with Crippen LogP contribution < -0.4 is 5.32 Å². The van der Waals surface area contributed by atoms with Gasteiger partial charge in [0.2, 0.25) is 17.7 Å². The van der Waals surface area contributed by atoms with E-state index in [1.54, 1.807) is 0 Å². The van der Waals surface area contributed by atoms with E-state index in [0.29, 0.717) is 51.7 Å². The van der Waals surface area contributed by atoms with Crippen LogP contribution >= 0.6 is 0 Å². The van der Waals surface area contributed by atoms with Crippen LogP contribution in [0.3, 0.4) is 0 Å². The van der Waals surface area contributed by atoms with Crippen LogP contribution in [0.1, 0.15) is 37.8 Å². The van der Waals surface area contributed by atoms with E-state index in [1.807, 2.05) is 47.1 Å². The SMILES string of the molecule is CC(c1ccccc1)N1CC(C(=O)N2CCN(CC(=O)NC3CC3)CC2)CC1=O. The number of nitrogens with zero attached hydrogens (tertiary/aromatic N) is 3. The molecular formula is C22H30N4O3. The molecule has 0 bridgehead atoms. The third kappa shape index (κ3) is 4.78. The van der Waals surface area contributed by atoms with E-state index in [1.165, 1.54) is 0 Å². The van der Waals surface area contributed by atoms with Crippen LogP contribution in [0.4, 0.5) is 0 Å². The molecule has 3 amide bonds. The van der Waals surface area contributed by atoms with Crippen LogP contribution in [0.15, 0.2) is 30.3 Å². The van der Waals surface area contributed by atoms with E-state index < -0.39 is 0 Å². The molecule has 7 heteroatoms. The van der Waals surface area contributed by atoms with Gasteiger partial charge in [-0.2, -0.15) is 0 Å². The van der Waals surface area contributed by atoms with E-state index in [-0.39, 0.29) is 29.7 Å². The third-order valence-electron chi connectivity index (χ3n) is 6.25. The van der Waals surface area contributed by atoms with Crippen molar-refractivity contribution in [3.8, 4) is 0 Å². The van der Waals surface area contributed by atoms with Gasteiger partial charge in [-0.25, -0.2) is 0 Å². The molecule has 3 fully saturated rings. The number of amides is 3. The Morgan fingerprint density at radius 1 is 1.10 bits per heavy atom. The average molecular weight is 399 g/mol. The molecule has 2 unspecified atom stereocenters. The molecule has 3 aliphatic rings. The molecule has 2 atom stereocenters. The zero-order valence-corrected chi connectivity index (χ0v) is 17.0. The van der Waals surface area contributed by atoms with Crippen LogP contribution in [0.2, 0.25) is 0 Å². The first kappa shape index (κ1) is 19.9. The van der Waals surface area contributed by atoms with Crippen molar-refractivity contribution in [2.24, 2.45) is 5.92 Å². The first-order chi connectivity index (χ1) is 14.0. The summed E-state index contributed by atoms with van der Waals surface area (Å²) in [7, 11) is 0. The minimum absolute atomic E-state index is 0.0247. The average Bonchev–Trinajstić information content (AvgIpc) is 3.46. The first-order valence-electron chi connectivity index (χ1n) is 10.7. The second kappa shape index (κ2) is 8.53. The molecule has 1 saturated carbocycles. The van der Waals surface area contributed by atoms with Gasteiger partial charge in [0.1, 0.15) is 0 Å². The van der Waals surface area contributed by atoms with Crippen molar-refractivity contribution in [2.45, 2.75) is 38.3 Å². The number of rotatable bonds is 6. The van der Waals surface area contributed by atoms with Crippen molar-refractivity contribution in [1.29, 1.82) is 0 Å². The predicted octanol–water partition coefficient (Wildman–Crippen LogP) is 1.02. The Hall–Kier alpha value is -2.41. The highest BCUT2D eigenvalue weighted by molar-refractivity contribution is 5.89. The van der Waals surface area contributed by atoms with Crippen molar-refractivity contribution in [3.63, 3.8) is 0 Å². The molecule has 4 rings (SSSR count). The van der Waals surface area contributed by atoms with Gasteiger partial charge < -0.3 is 15.1 Å². The molecule has 7 nitrogen and oxygen atoms in total. The minimum atomic E-state index is -0.265. The maximum Gasteiger partial charge on any atom is 0.234 e. The highest BCUT2D eigenvalue weighted by atomic mass is 16.2. The van der Waals surface area contributed by atoms with E-state index in [4.69, 9.17) is 0 Å². The number of carbonyl (C=O) groups excluding carboxylic acids is 3. The highest BCUT2D eigenvalue weighted by Gasteiger charge is 2.39. The second-order valence-electron chi connectivity index (χ2n) is 8.48. The van der Waals surface area contributed by atoms with Crippen molar-refractivity contribution < 1.29 is 14.4 Å². The number of benzene rings is 1. The van der Waals surface area contributed by atoms with Crippen LogP contribution in [0, 0.1) is 5.92 Å². The maximum absolute atomic E-state index is 13.0. The maximum atomic E-state index is 13.0. The van der Waals surface area contributed by atoms with Gasteiger partial charge in [-0.3, -0.25) is 19.3 Å².